The molecule has 2 aliphatic rings. The second-order valence-electron chi connectivity index (χ2n) is 7.49. The van der Waals surface area contributed by atoms with Gasteiger partial charge in [-0.25, -0.2) is 0 Å². The van der Waals surface area contributed by atoms with E-state index in [-0.39, 0.29) is 37.0 Å². The normalized spacial score (nSPS) is 24.9. The molecule has 2 aliphatic heterocycles. The third kappa shape index (κ3) is 3.81. The fourth-order valence-electron chi connectivity index (χ4n) is 3.51. The number of nitrogens with zero attached hydrogens (tertiary/aromatic N) is 2. The van der Waals surface area contributed by atoms with E-state index in [1.54, 1.807) is 36.9 Å². The van der Waals surface area contributed by atoms with Crippen LogP contribution < -0.4 is 9.64 Å². The van der Waals surface area contributed by atoms with E-state index in [4.69, 9.17) is 21.1 Å². The first-order valence-electron chi connectivity index (χ1n) is 8.91. The Morgan fingerprint density at radius 1 is 1.27 bits per heavy atom. The number of anilines is 1. The zero-order valence-corrected chi connectivity index (χ0v) is 16.4. The largest absolute Gasteiger partial charge is 0.476 e. The van der Waals surface area contributed by atoms with Crippen LogP contribution in [0.3, 0.4) is 0 Å². The van der Waals surface area contributed by atoms with Crippen LogP contribution in [0.1, 0.15) is 34.1 Å². The summed E-state index contributed by atoms with van der Waals surface area (Å²) in [7, 11) is 0. The van der Waals surface area contributed by atoms with Crippen molar-refractivity contribution in [3.8, 4) is 5.75 Å². The van der Waals surface area contributed by atoms with Gasteiger partial charge in [-0.2, -0.15) is 0 Å². The van der Waals surface area contributed by atoms with Crippen molar-refractivity contribution in [1.29, 1.82) is 0 Å². The van der Waals surface area contributed by atoms with Gasteiger partial charge in [-0.3, -0.25) is 9.59 Å². The van der Waals surface area contributed by atoms with Gasteiger partial charge in [0.25, 0.3) is 5.91 Å². The number of carbonyl (C=O) groups is 2. The minimum atomic E-state index is -0.980. The maximum absolute atomic E-state index is 12.8. The smallest absolute Gasteiger partial charge is 0.270 e. The Kier molecular flexibility index (Phi) is 5.17. The lowest BCUT2D eigenvalue weighted by Gasteiger charge is -2.39. The van der Waals surface area contributed by atoms with Gasteiger partial charge in [-0.15, -0.1) is 0 Å². The van der Waals surface area contributed by atoms with Gasteiger partial charge in [0.1, 0.15) is 5.75 Å². The number of ether oxygens (including phenoxy) is 2. The van der Waals surface area contributed by atoms with Crippen LogP contribution in [-0.4, -0.2) is 54.2 Å². The minimum absolute atomic E-state index is 0.0196. The molecule has 1 fully saturated rings. The van der Waals surface area contributed by atoms with Gasteiger partial charge in [-0.1, -0.05) is 11.6 Å². The van der Waals surface area contributed by atoms with Crippen molar-refractivity contribution in [3.05, 3.63) is 23.2 Å². The molecule has 1 saturated heterocycles. The Labute approximate surface area is 159 Å². The van der Waals surface area contributed by atoms with Gasteiger partial charge in [0.15, 0.2) is 5.60 Å². The van der Waals surface area contributed by atoms with Crippen molar-refractivity contribution >= 4 is 29.1 Å². The molecule has 0 N–H and O–H groups in total. The molecule has 3 rings (SSSR count). The van der Waals surface area contributed by atoms with E-state index in [0.29, 0.717) is 29.5 Å². The van der Waals surface area contributed by atoms with Crippen molar-refractivity contribution in [2.24, 2.45) is 0 Å². The Morgan fingerprint density at radius 2 is 1.92 bits per heavy atom. The maximum atomic E-state index is 12.8. The molecule has 0 aliphatic carbocycles. The molecule has 26 heavy (non-hydrogen) atoms. The molecule has 2 amide bonds. The summed E-state index contributed by atoms with van der Waals surface area (Å²) in [6.45, 7) is 8.82. The number of halogens is 1. The zero-order chi connectivity index (χ0) is 19.1. The van der Waals surface area contributed by atoms with Gasteiger partial charge in [0.2, 0.25) is 5.91 Å². The molecule has 1 aromatic carbocycles. The monoisotopic (exact) mass is 380 g/mol. The number of rotatable bonds is 3. The maximum Gasteiger partial charge on any atom is 0.270 e. The first kappa shape index (κ1) is 19.0. The highest BCUT2D eigenvalue weighted by Crippen LogP contribution is 2.39. The minimum Gasteiger partial charge on any atom is -0.476 e. The SMILES string of the molecule is CC1CN(C(=O)CCN2C(=O)C(C)(C)Oc3ccc(Cl)cc32)CC(C)O1. The highest BCUT2D eigenvalue weighted by molar-refractivity contribution is 6.31. The topological polar surface area (TPSA) is 59.1 Å². The molecule has 2 atom stereocenters. The van der Waals surface area contributed by atoms with E-state index in [1.165, 1.54) is 0 Å². The molecule has 1 aromatic rings. The first-order chi connectivity index (χ1) is 12.2. The van der Waals surface area contributed by atoms with E-state index in [0.717, 1.165) is 0 Å². The van der Waals surface area contributed by atoms with Crippen LogP contribution in [0.25, 0.3) is 0 Å². The lowest BCUT2D eigenvalue weighted by atomic mass is 10.0. The lowest BCUT2D eigenvalue weighted by molar-refractivity contribution is -0.143. The number of morpholine rings is 1. The van der Waals surface area contributed by atoms with Gasteiger partial charge < -0.3 is 19.3 Å². The average molecular weight is 381 g/mol. The fourth-order valence-corrected chi connectivity index (χ4v) is 3.68. The van der Waals surface area contributed by atoms with Crippen molar-refractivity contribution in [2.75, 3.05) is 24.5 Å². The van der Waals surface area contributed by atoms with E-state index < -0.39 is 5.60 Å². The van der Waals surface area contributed by atoms with Crippen molar-refractivity contribution in [2.45, 2.75) is 51.9 Å². The quantitative estimate of drug-likeness (QED) is 0.809. The summed E-state index contributed by atoms with van der Waals surface area (Å²) in [5.41, 5.74) is -0.371. The predicted octanol–water partition coefficient (Wildman–Crippen LogP) is 2.87. The van der Waals surface area contributed by atoms with Crippen LogP contribution in [0.2, 0.25) is 5.02 Å². The van der Waals surface area contributed by atoms with Crippen LogP contribution >= 0.6 is 11.6 Å². The Bertz CT molecular complexity index is 711. The summed E-state index contributed by atoms with van der Waals surface area (Å²) < 4.78 is 11.5. The highest BCUT2D eigenvalue weighted by atomic mass is 35.5. The number of hydrogen-bond acceptors (Lipinski definition) is 4. The molecule has 2 unspecified atom stereocenters. The van der Waals surface area contributed by atoms with Crippen LogP contribution in [0.15, 0.2) is 18.2 Å². The highest BCUT2D eigenvalue weighted by Gasteiger charge is 2.41. The number of fused-ring (bicyclic) bond motifs is 1. The summed E-state index contributed by atoms with van der Waals surface area (Å²) in [6.07, 6.45) is 0.282. The number of hydrogen-bond donors (Lipinski definition) is 0. The second kappa shape index (κ2) is 7.08. The Hall–Kier alpha value is -1.79. The third-order valence-electron chi connectivity index (χ3n) is 4.66. The van der Waals surface area contributed by atoms with E-state index >= 15 is 0 Å². The van der Waals surface area contributed by atoms with Crippen molar-refractivity contribution in [1.82, 2.24) is 4.90 Å². The summed E-state index contributed by atoms with van der Waals surface area (Å²) in [6, 6.07) is 5.19. The molecule has 142 valence electrons. The molecule has 2 heterocycles. The summed E-state index contributed by atoms with van der Waals surface area (Å²) in [4.78, 5) is 28.9. The summed E-state index contributed by atoms with van der Waals surface area (Å²) in [5.74, 6) is 0.441. The number of carbonyl (C=O) groups excluding carboxylic acids is 2. The molecular weight excluding hydrogens is 356 g/mol. The summed E-state index contributed by atoms with van der Waals surface area (Å²) >= 11 is 6.09. The zero-order valence-electron chi connectivity index (χ0n) is 15.6. The van der Waals surface area contributed by atoms with Crippen LogP contribution in [0.4, 0.5) is 5.69 Å². The fraction of sp³-hybridized carbons (Fsp3) is 0.579. The second-order valence-corrected chi connectivity index (χ2v) is 7.92. The molecule has 0 spiro atoms. The predicted molar refractivity (Wildman–Crippen MR) is 99.7 cm³/mol. The molecule has 0 bridgehead atoms. The standard InChI is InChI=1S/C19H25ClN2O4/c1-12-10-21(11-13(2)25-12)17(23)7-8-22-15-9-14(20)5-6-16(15)26-19(3,4)18(22)24/h5-6,9,12-13H,7-8,10-11H2,1-4H3. The molecule has 0 radical (unpaired) electrons. The molecule has 0 aromatic heterocycles. The molecule has 7 heteroatoms. The van der Waals surface area contributed by atoms with Crippen molar-refractivity contribution in [3.63, 3.8) is 0 Å². The average Bonchev–Trinajstić information content (AvgIpc) is 2.55. The van der Waals surface area contributed by atoms with E-state index in [9.17, 15) is 9.59 Å². The third-order valence-corrected chi connectivity index (χ3v) is 4.89. The molecular formula is C19H25ClN2O4. The molecule has 6 nitrogen and oxygen atoms in total. The van der Waals surface area contributed by atoms with Crippen LogP contribution in [0.5, 0.6) is 5.75 Å². The van der Waals surface area contributed by atoms with Gasteiger partial charge in [-0.05, 0) is 45.9 Å². The van der Waals surface area contributed by atoms with Gasteiger partial charge in [0.05, 0.1) is 17.9 Å². The Balaban J connectivity index is 1.75. The van der Waals surface area contributed by atoms with Crippen LogP contribution in [-0.2, 0) is 14.3 Å². The van der Waals surface area contributed by atoms with Gasteiger partial charge >= 0.3 is 0 Å². The van der Waals surface area contributed by atoms with Crippen molar-refractivity contribution < 1.29 is 19.1 Å². The van der Waals surface area contributed by atoms with E-state index in [2.05, 4.69) is 0 Å². The van der Waals surface area contributed by atoms with Crippen LogP contribution in [0, 0.1) is 0 Å². The first-order valence-corrected chi connectivity index (χ1v) is 9.29. The summed E-state index contributed by atoms with van der Waals surface area (Å²) in [5, 5.41) is 0.520. The van der Waals surface area contributed by atoms with Gasteiger partial charge in [0, 0.05) is 31.1 Å². The van der Waals surface area contributed by atoms with E-state index in [1.807, 2.05) is 18.7 Å². The number of benzene rings is 1. The lowest BCUT2D eigenvalue weighted by Crippen LogP contribution is -2.54. The Morgan fingerprint density at radius 3 is 2.58 bits per heavy atom. The number of amides is 2. The molecule has 0 saturated carbocycles.